The maximum atomic E-state index is 12.8. The molecule has 0 spiro atoms. The van der Waals surface area contributed by atoms with Crippen LogP contribution in [0.5, 0.6) is 0 Å². The van der Waals surface area contributed by atoms with Crippen LogP contribution in [0.2, 0.25) is 0 Å². The van der Waals surface area contributed by atoms with E-state index < -0.39 is 0 Å². The number of nitrogens with zero attached hydrogens (tertiary/aromatic N) is 3. The molecule has 0 unspecified atom stereocenters. The van der Waals surface area contributed by atoms with Gasteiger partial charge in [-0.25, -0.2) is 0 Å². The highest BCUT2D eigenvalue weighted by atomic mass is 16.5. The summed E-state index contributed by atoms with van der Waals surface area (Å²) in [5.41, 5.74) is 1.59. The number of aromatic nitrogens is 3. The third-order valence-corrected chi connectivity index (χ3v) is 4.60. The zero-order valence-electron chi connectivity index (χ0n) is 14.0. The number of nitrogens with one attached hydrogen (secondary N) is 1. The number of rotatable bonds is 4. The Morgan fingerprint density at radius 1 is 1.36 bits per heavy atom. The highest BCUT2D eigenvalue weighted by Crippen LogP contribution is 2.29. The molecular weight excluding hydrogens is 320 g/mol. The summed E-state index contributed by atoms with van der Waals surface area (Å²) in [6.45, 7) is 3.14. The number of aryl methyl sites for hydroxylation is 1. The second-order valence-corrected chi connectivity index (χ2v) is 6.34. The summed E-state index contributed by atoms with van der Waals surface area (Å²) in [7, 11) is 0. The fourth-order valence-corrected chi connectivity index (χ4v) is 3.27. The van der Waals surface area contributed by atoms with E-state index in [2.05, 4.69) is 15.5 Å². The number of fused-ring (bicyclic) bond motifs is 1. The van der Waals surface area contributed by atoms with Crippen molar-refractivity contribution in [1.82, 2.24) is 19.9 Å². The van der Waals surface area contributed by atoms with Gasteiger partial charge in [0.25, 0.3) is 5.91 Å². The minimum atomic E-state index is -0.305. The van der Waals surface area contributed by atoms with Gasteiger partial charge in [0.15, 0.2) is 5.82 Å². The van der Waals surface area contributed by atoms with Gasteiger partial charge in [0.1, 0.15) is 6.04 Å². The van der Waals surface area contributed by atoms with Crippen LogP contribution in [0.1, 0.15) is 41.0 Å². The number of carbonyl (C=O) groups excluding carboxylic acids is 1. The van der Waals surface area contributed by atoms with Crippen LogP contribution >= 0.6 is 0 Å². The van der Waals surface area contributed by atoms with Gasteiger partial charge >= 0.3 is 0 Å². The summed E-state index contributed by atoms with van der Waals surface area (Å²) < 4.78 is 12.7. The molecule has 3 aromatic heterocycles. The summed E-state index contributed by atoms with van der Waals surface area (Å²) in [6.07, 6.45) is 5.45. The lowest BCUT2D eigenvalue weighted by Crippen LogP contribution is -2.36. The predicted octanol–water partition coefficient (Wildman–Crippen LogP) is 2.53. The van der Waals surface area contributed by atoms with E-state index in [4.69, 9.17) is 9.26 Å². The molecule has 0 aromatic carbocycles. The van der Waals surface area contributed by atoms with Gasteiger partial charge in [-0.05, 0) is 43.9 Å². The lowest BCUT2D eigenvalue weighted by molar-refractivity contribution is 0.0468. The first kappa shape index (κ1) is 15.8. The lowest BCUT2D eigenvalue weighted by Gasteiger charge is -2.28. The molecule has 3 aromatic rings. The summed E-state index contributed by atoms with van der Waals surface area (Å²) in [5.74, 6) is 1.10. The highest BCUT2D eigenvalue weighted by Gasteiger charge is 2.31. The van der Waals surface area contributed by atoms with Crippen molar-refractivity contribution < 1.29 is 14.1 Å². The fourth-order valence-electron chi connectivity index (χ4n) is 3.27. The monoisotopic (exact) mass is 340 g/mol. The second-order valence-electron chi connectivity index (χ2n) is 6.34. The Balaban J connectivity index is 1.59. The quantitative estimate of drug-likeness (QED) is 0.789. The molecule has 7 heteroatoms. The second kappa shape index (κ2) is 6.68. The number of amides is 1. The number of carbonyl (C=O) groups is 1. The van der Waals surface area contributed by atoms with Crippen molar-refractivity contribution in [2.75, 3.05) is 13.2 Å². The van der Waals surface area contributed by atoms with Gasteiger partial charge in [0.2, 0.25) is 5.89 Å². The fraction of sp³-hybridized carbons (Fsp3) is 0.389. The van der Waals surface area contributed by atoms with Crippen LogP contribution in [0.15, 0.2) is 41.2 Å². The summed E-state index contributed by atoms with van der Waals surface area (Å²) in [6, 6.07) is 7.41. The normalized spacial score (nSPS) is 16.8. The van der Waals surface area contributed by atoms with Crippen molar-refractivity contribution in [3.8, 4) is 0 Å². The van der Waals surface area contributed by atoms with E-state index >= 15 is 0 Å². The van der Waals surface area contributed by atoms with E-state index in [1.807, 2.05) is 41.1 Å². The van der Waals surface area contributed by atoms with Gasteiger partial charge in [-0.1, -0.05) is 11.2 Å². The first-order valence-electron chi connectivity index (χ1n) is 8.46. The molecule has 1 atom stereocenters. The van der Waals surface area contributed by atoms with E-state index in [0.29, 0.717) is 30.5 Å². The summed E-state index contributed by atoms with van der Waals surface area (Å²) in [5, 5.41) is 6.96. The van der Waals surface area contributed by atoms with Crippen LogP contribution in [0.4, 0.5) is 0 Å². The minimum absolute atomic E-state index is 0.143. The first-order chi connectivity index (χ1) is 12.2. The standard InChI is InChI=1S/C18H20N4O3/c1-12-19-18(25-21-12)16(13-5-8-24-9-6-13)20-17(23)14-10-15-4-2-3-7-22(15)11-14/h2-4,7,10-11,13,16H,5-6,8-9H2,1H3,(H,20,23)/t16-/m1/s1. The van der Waals surface area contributed by atoms with Crippen LogP contribution in [-0.2, 0) is 4.74 Å². The molecule has 1 aliphatic rings. The largest absolute Gasteiger partial charge is 0.381 e. The molecule has 1 saturated heterocycles. The molecule has 1 amide bonds. The zero-order chi connectivity index (χ0) is 17.2. The van der Waals surface area contributed by atoms with Gasteiger partial charge in [-0.15, -0.1) is 0 Å². The van der Waals surface area contributed by atoms with E-state index in [9.17, 15) is 4.79 Å². The number of pyridine rings is 1. The van der Waals surface area contributed by atoms with E-state index in [-0.39, 0.29) is 17.9 Å². The minimum Gasteiger partial charge on any atom is -0.381 e. The van der Waals surface area contributed by atoms with Crippen LogP contribution in [0.3, 0.4) is 0 Å². The number of hydrogen-bond donors (Lipinski definition) is 1. The smallest absolute Gasteiger partial charge is 0.253 e. The van der Waals surface area contributed by atoms with Crippen LogP contribution in [-0.4, -0.2) is 33.7 Å². The first-order valence-corrected chi connectivity index (χ1v) is 8.46. The molecule has 25 heavy (non-hydrogen) atoms. The Bertz CT molecular complexity index is 846. The van der Waals surface area contributed by atoms with Gasteiger partial charge in [-0.3, -0.25) is 4.79 Å². The Labute approximate surface area is 145 Å². The molecule has 0 aliphatic carbocycles. The predicted molar refractivity (Wildman–Crippen MR) is 90.2 cm³/mol. The maximum Gasteiger partial charge on any atom is 0.253 e. The average molecular weight is 340 g/mol. The summed E-state index contributed by atoms with van der Waals surface area (Å²) in [4.78, 5) is 17.1. The third-order valence-electron chi connectivity index (χ3n) is 4.60. The Morgan fingerprint density at radius 3 is 2.92 bits per heavy atom. The molecule has 0 radical (unpaired) electrons. The number of ether oxygens (including phenoxy) is 1. The topological polar surface area (TPSA) is 81.7 Å². The van der Waals surface area contributed by atoms with Crippen LogP contribution < -0.4 is 5.32 Å². The van der Waals surface area contributed by atoms with Crippen molar-refractivity contribution in [2.24, 2.45) is 5.92 Å². The highest BCUT2D eigenvalue weighted by molar-refractivity contribution is 5.95. The van der Waals surface area contributed by atoms with Gasteiger partial charge in [0, 0.05) is 31.1 Å². The van der Waals surface area contributed by atoms with Gasteiger partial charge in [0.05, 0.1) is 5.56 Å². The average Bonchev–Trinajstić information content (AvgIpc) is 3.26. The number of hydrogen-bond acceptors (Lipinski definition) is 5. The van der Waals surface area contributed by atoms with Gasteiger partial charge in [-0.2, -0.15) is 4.98 Å². The Kier molecular flexibility index (Phi) is 4.23. The molecule has 4 rings (SSSR count). The molecule has 4 heterocycles. The van der Waals surface area contributed by atoms with Crippen molar-refractivity contribution in [1.29, 1.82) is 0 Å². The van der Waals surface area contributed by atoms with Gasteiger partial charge < -0.3 is 19.0 Å². The van der Waals surface area contributed by atoms with E-state index in [0.717, 1.165) is 18.4 Å². The lowest BCUT2D eigenvalue weighted by atomic mass is 9.91. The molecule has 1 fully saturated rings. The van der Waals surface area contributed by atoms with E-state index in [1.165, 1.54) is 0 Å². The van der Waals surface area contributed by atoms with Crippen LogP contribution in [0, 0.1) is 12.8 Å². The van der Waals surface area contributed by atoms with Crippen LogP contribution in [0.25, 0.3) is 5.52 Å². The molecule has 7 nitrogen and oxygen atoms in total. The van der Waals surface area contributed by atoms with Crippen molar-refractivity contribution in [2.45, 2.75) is 25.8 Å². The zero-order valence-corrected chi connectivity index (χ0v) is 14.0. The molecule has 0 saturated carbocycles. The van der Waals surface area contributed by atoms with Crippen molar-refractivity contribution in [3.05, 3.63) is 53.9 Å². The molecule has 130 valence electrons. The maximum absolute atomic E-state index is 12.8. The van der Waals surface area contributed by atoms with Crippen molar-refractivity contribution in [3.63, 3.8) is 0 Å². The molecule has 1 aliphatic heterocycles. The molecular formula is C18H20N4O3. The van der Waals surface area contributed by atoms with E-state index in [1.54, 1.807) is 6.92 Å². The van der Waals surface area contributed by atoms with Crippen molar-refractivity contribution >= 4 is 11.4 Å². The molecule has 0 bridgehead atoms. The third kappa shape index (κ3) is 3.28. The molecule has 1 N–H and O–H groups in total. The SMILES string of the molecule is Cc1noc([C@H](NC(=O)c2cc3ccccn3c2)C2CCOCC2)n1. The summed E-state index contributed by atoms with van der Waals surface area (Å²) >= 11 is 0. The Hall–Kier alpha value is -2.67. The Morgan fingerprint density at radius 2 is 2.20 bits per heavy atom.